The third kappa shape index (κ3) is 1.33. The summed E-state index contributed by atoms with van der Waals surface area (Å²) in [5, 5.41) is 4.06. The number of hydrogen-bond donors (Lipinski definition) is 0. The lowest BCUT2D eigenvalue weighted by Gasteiger charge is -2.34. The van der Waals surface area contributed by atoms with Crippen LogP contribution in [0.1, 0.15) is 19.8 Å². The fraction of sp³-hybridized carbons (Fsp3) is 0.667. The van der Waals surface area contributed by atoms with Gasteiger partial charge in [-0.1, -0.05) is 0 Å². The quantitative estimate of drug-likeness (QED) is 0.684. The predicted molar refractivity (Wildman–Crippen MR) is 48.7 cm³/mol. The molecule has 5 nitrogen and oxygen atoms in total. The van der Waals surface area contributed by atoms with Crippen LogP contribution in [0.4, 0.5) is 0 Å². The first-order chi connectivity index (χ1) is 6.76. The molecule has 0 amide bonds. The van der Waals surface area contributed by atoms with Gasteiger partial charge in [-0.2, -0.15) is 5.10 Å². The molecule has 0 spiro atoms. The molecular weight excluding hydrogens is 182 g/mol. The van der Waals surface area contributed by atoms with Gasteiger partial charge in [0.05, 0.1) is 0 Å². The van der Waals surface area contributed by atoms with Gasteiger partial charge in [-0.3, -0.25) is 4.79 Å². The highest BCUT2D eigenvalue weighted by molar-refractivity contribution is 5.84. The summed E-state index contributed by atoms with van der Waals surface area (Å²) < 4.78 is 6.92. The number of rotatable bonds is 2. The van der Waals surface area contributed by atoms with Crippen molar-refractivity contribution >= 4 is 5.78 Å². The molecule has 5 heteroatoms. The molecule has 1 aromatic heterocycles. The van der Waals surface area contributed by atoms with Crippen LogP contribution in [0.3, 0.4) is 0 Å². The molecule has 0 radical (unpaired) electrons. The zero-order valence-corrected chi connectivity index (χ0v) is 8.14. The number of aromatic nitrogens is 3. The molecular formula is C9H13N3O2. The van der Waals surface area contributed by atoms with Crippen LogP contribution in [0, 0.1) is 0 Å². The number of Topliss-reactive ketones (excluding diaryl/α,β-unsaturated/α-hetero) is 1. The van der Waals surface area contributed by atoms with Gasteiger partial charge in [-0.15, -0.1) is 0 Å². The second-order valence-electron chi connectivity index (χ2n) is 3.54. The van der Waals surface area contributed by atoms with Crippen LogP contribution in [0.5, 0.6) is 0 Å². The lowest BCUT2D eigenvalue weighted by molar-refractivity contribution is -0.131. The van der Waals surface area contributed by atoms with E-state index in [1.807, 2.05) is 0 Å². The monoisotopic (exact) mass is 195 g/mol. The van der Waals surface area contributed by atoms with E-state index in [1.165, 1.54) is 6.33 Å². The molecule has 1 fully saturated rings. The molecule has 0 bridgehead atoms. The molecule has 0 aromatic carbocycles. The van der Waals surface area contributed by atoms with E-state index in [2.05, 4.69) is 10.1 Å². The minimum Gasteiger partial charge on any atom is -0.381 e. The molecule has 14 heavy (non-hydrogen) atoms. The van der Waals surface area contributed by atoms with Gasteiger partial charge in [0.15, 0.2) is 5.78 Å². The Kier molecular flexibility index (Phi) is 2.33. The van der Waals surface area contributed by atoms with E-state index in [4.69, 9.17) is 4.74 Å². The van der Waals surface area contributed by atoms with E-state index in [0.29, 0.717) is 26.1 Å². The average molecular weight is 195 g/mol. The van der Waals surface area contributed by atoms with Crippen LogP contribution in [0.25, 0.3) is 0 Å². The van der Waals surface area contributed by atoms with Gasteiger partial charge in [0.2, 0.25) is 0 Å². The first kappa shape index (κ1) is 9.33. The summed E-state index contributed by atoms with van der Waals surface area (Å²) in [7, 11) is 0. The van der Waals surface area contributed by atoms with Crippen molar-refractivity contribution in [3.8, 4) is 0 Å². The van der Waals surface area contributed by atoms with Gasteiger partial charge < -0.3 is 4.74 Å². The van der Waals surface area contributed by atoms with Crippen LogP contribution in [0.15, 0.2) is 12.7 Å². The normalized spacial score (nSPS) is 20.6. The number of nitrogens with zero attached hydrogens (tertiary/aromatic N) is 3. The van der Waals surface area contributed by atoms with E-state index in [-0.39, 0.29) is 5.78 Å². The van der Waals surface area contributed by atoms with Gasteiger partial charge in [0, 0.05) is 26.1 Å². The lowest BCUT2D eigenvalue weighted by atomic mass is 9.86. The number of carbonyl (C=O) groups is 1. The van der Waals surface area contributed by atoms with Crippen LogP contribution < -0.4 is 0 Å². The lowest BCUT2D eigenvalue weighted by Crippen LogP contribution is -2.45. The first-order valence-electron chi connectivity index (χ1n) is 4.69. The second-order valence-corrected chi connectivity index (χ2v) is 3.54. The van der Waals surface area contributed by atoms with Crippen molar-refractivity contribution < 1.29 is 9.53 Å². The van der Waals surface area contributed by atoms with Crippen molar-refractivity contribution in [1.82, 2.24) is 14.8 Å². The molecule has 0 atom stereocenters. The molecule has 0 unspecified atom stereocenters. The Morgan fingerprint density at radius 3 is 2.71 bits per heavy atom. The molecule has 1 aliphatic rings. The van der Waals surface area contributed by atoms with Gasteiger partial charge in [0.1, 0.15) is 18.2 Å². The Morgan fingerprint density at radius 1 is 1.50 bits per heavy atom. The highest BCUT2D eigenvalue weighted by atomic mass is 16.5. The number of carbonyl (C=O) groups excluding carboxylic acids is 1. The summed E-state index contributed by atoms with van der Waals surface area (Å²) >= 11 is 0. The highest BCUT2D eigenvalue weighted by Gasteiger charge is 2.39. The standard InChI is InChI=1S/C9H13N3O2/c1-8(13)9(2-4-14-5-3-9)12-7-10-6-11-12/h6-7H,2-5H2,1H3. The fourth-order valence-electron chi connectivity index (χ4n) is 1.88. The van der Waals surface area contributed by atoms with E-state index in [0.717, 1.165) is 0 Å². The minimum absolute atomic E-state index is 0.131. The topological polar surface area (TPSA) is 57.0 Å². The van der Waals surface area contributed by atoms with E-state index >= 15 is 0 Å². The summed E-state index contributed by atoms with van der Waals surface area (Å²) in [6.07, 6.45) is 4.43. The van der Waals surface area contributed by atoms with Crippen LogP contribution in [-0.2, 0) is 15.1 Å². The maximum absolute atomic E-state index is 11.7. The summed E-state index contributed by atoms with van der Waals surface area (Å²) in [6.45, 7) is 2.83. The molecule has 1 saturated heterocycles. The molecule has 1 aliphatic heterocycles. The number of ketones is 1. The van der Waals surface area contributed by atoms with Gasteiger partial charge in [-0.25, -0.2) is 9.67 Å². The summed E-state index contributed by atoms with van der Waals surface area (Å²) in [4.78, 5) is 15.6. The molecule has 1 aromatic rings. The van der Waals surface area contributed by atoms with E-state index in [1.54, 1.807) is 17.9 Å². The van der Waals surface area contributed by atoms with Crippen LogP contribution >= 0.6 is 0 Å². The van der Waals surface area contributed by atoms with Gasteiger partial charge in [-0.05, 0) is 6.92 Å². The molecule has 0 saturated carbocycles. The van der Waals surface area contributed by atoms with Crippen LogP contribution in [-0.4, -0.2) is 33.8 Å². The Hall–Kier alpha value is -1.23. The van der Waals surface area contributed by atoms with Crippen molar-refractivity contribution in [2.45, 2.75) is 25.3 Å². The number of hydrogen-bond acceptors (Lipinski definition) is 4. The van der Waals surface area contributed by atoms with Gasteiger partial charge >= 0.3 is 0 Å². The third-order valence-electron chi connectivity index (χ3n) is 2.83. The van der Waals surface area contributed by atoms with Crippen molar-refractivity contribution in [2.75, 3.05) is 13.2 Å². The zero-order chi connectivity index (χ0) is 10.0. The highest BCUT2D eigenvalue weighted by Crippen LogP contribution is 2.28. The Labute approximate surface area is 82.1 Å². The Bertz CT molecular complexity index is 315. The second kappa shape index (κ2) is 3.49. The average Bonchev–Trinajstić information content (AvgIpc) is 2.72. The molecule has 76 valence electrons. The first-order valence-corrected chi connectivity index (χ1v) is 4.69. The van der Waals surface area contributed by atoms with Crippen molar-refractivity contribution in [3.05, 3.63) is 12.7 Å². The van der Waals surface area contributed by atoms with Crippen molar-refractivity contribution in [3.63, 3.8) is 0 Å². The molecule has 0 aliphatic carbocycles. The Morgan fingerprint density at radius 2 is 2.21 bits per heavy atom. The van der Waals surface area contributed by atoms with Crippen molar-refractivity contribution in [2.24, 2.45) is 0 Å². The molecule has 2 rings (SSSR count). The minimum atomic E-state index is -0.519. The molecule has 2 heterocycles. The third-order valence-corrected chi connectivity index (χ3v) is 2.83. The zero-order valence-electron chi connectivity index (χ0n) is 8.14. The van der Waals surface area contributed by atoms with E-state index < -0.39 is 5.54 Å². The summed E-state index contributed by atoms with van der Waals surface area (Å²) in [5.74, 6) is 0.131. The fourth-order valence-corrected chi connectivity index (χ4v) is 1.88. The summed E-state index contributed by atoms with van der Waals surface area (Å²) in [6, 6.07) is 0. The maximum Gasteiger partial charge on any atom is 0.157 e. The molecule has 0 N–H and O–H groups in total. The van der Waals surface area contributed by atoms with Gasteiger partial charge in [0.25, 0.3) is 0 Å². The smallest absolute Gasteiger partial charge is 0.157 e. The van der Waals surface area contributed by atoms with E-state index in [9.17, 15) is 4.79 Å². The largest absolute Gasteiger partial charge is 0.381 e. The predicted octanol–water partition coefficient (Wildman–Crippen LogP) is 0.373. The van der Waals surface area contributed by atoms with Crippen LogP contribution in [0.2, 0.25) is 0 Å². The SMILES string of the molecule is CC(=O)C1(n2cncn2)CCOCC1. The summed E-state index contributed by atoms with van der Waals surface area (Å²) in [5.41, 5.74) is -0.519. The Balaban J connectivity index is 2.35. The van der Waals surface area contributed by atoms with Crippen molar-refractivity contribution in [1.29, 1.82) is 0 Å². The number of ether oxygens (including phenoxy) is 1. The maximum atomic E-state index is 11.7.